The van der Waals surface area contributed by atoms with E-state index < -0.39 is 101 Å². The molecule has 1 fully saturated rings. The van der Waals surface area contributed by atoms with Gasteiger partial charge in [0.1, 0.15) is 18.1 Å². The first-order valence-corrected chi connectivity index (χ1v) is 22.1. The molecule has 20 nitrogen and oxygen atoms in total. The van der Waals surface area contributed by atoms with Crippen LogP contribution in [0.1, 0.15) is 57.9 Å². The Kier molecular flexibility index (Phi) is 17.8. The molecule has 61 heavy (non-hydrogen) atoms. The van der Waals surface area contributed by atoms with Crippen molar-refractivity contribution in [3.05, 3.63) is 81.1 Å². The van der Waals surface area contributed by atoms with E-state index in [4.69, 9.17) is 17.2 Å². The normalized spacial score (nSPS) is 23.1. The van der Waals surface area contributed by atoms with E-state index in [1.54, 1.807) is 68.4 Å². The molecule has 7 unspecified atom stereocenters. The van der Waals surface area contributed by atoms with Crippen LogP contribution < -0.4 is 49.8 Å². The quantitative estimate of drug-likeness (QED) is 0.101. The number of aromatic amines is 1. The van der Waals surface area contributed by atoms with Crippen molar-refractivity contribution in [1.29, 1.82) is 0 Å². The van der Waals surface area contributed by atoms with Gasteiger partial charge in [0, 0.05) is 42.7 Å². The Labute approximate surface area is 358 Å². The van der Waals surface area contributed by atoms with Gasteiger partial charge in [-0.15, -0.1) is 0 Å². The fraction of sp³-hybridized carbons (Fsp3) is 0.462. The van der Waals surface area contributed by atoms with Crippen LogP contribution in [0.2, 0.25) is 0 Å². The lowest BCUT2D eigenvalue weighted by Crippen LogP contribution is -2.58. The number of nitrogens with two attached hydrogens (primary N) is 3. The van der Waals surface area contributed by atoms with Crippen molar-refractivity contribution in [2.45, 2.75) is 89.0 Å². The van der Waals surface area contributed by atoms with Crippen molar-refractivity contribution in [3.8, 4) is 11.4 Å². The Balaban J connectivity index is 1.70. The summed E-state index contributed by atoms with van der Waals surface area (Å²) in [5, 5.41) is 23.1. The molecular weight excluding hydrogens is 833 g/mol. The lowest BCUT2D eigenvalue weighted by atomic mass is 9.92. The van der Waals surface area contributed by atoms with Gasteiger partial charge in [0.15, 0.2) is 0 Å². The highest BCUT2D eigenvalue weighted by Crippen LogP contribution is 2.24. The molecule has 1 saturated heterocycles. The maximum atomic E-state index is 14.2. The molecule has 0 radical (unpaired) electrons. The van der Waals surface area contributed by atoms with E-state index in [0.29, 0.717) is 17.7 Å². The van der Waals surface area contributed by atoms with E-state index in [2.05, 4.69) is 26.4 Å². The Morgan fingerprint density at radius 2 is 1.51 bits per heavy atom. The van der Waals surface area contributed by atoms with Gasteiger partial charge >= 0.3 is 17.3 Å². The fourth-order valence-corrected chi connectivity index (χ4v) is 8.78. The Bertz CT molecular complexity index is 2180. The van der Waals surface area contributed by atoms with Crippen molar-refractivity contribution in [2.75, 3.05) is 11.5 Å². The van der Waals surface area contributed by atoms with Crippen LogP contribution in [0.4, 0.5) is 0 Å². The topological polar surface area (TPSA) is 326 Å². The first-order chi connectivity index (χ1) is 29.0. The van der Waals surface area contributed by atoms with Gasteiger partial charge in [-0.25, -0.2) is 28.7 Å². The summed E-state index contributed by atoms with van der Waals surface area (Å²) >= 11 is 0. The summed E-state index contributed by atoms with van der Waals surface area (Å²) in [6.07, 6.45) is -0.269. The van der Waals surface area contributed by atoms with Crippen LogP contribution >= 0.6 is 21.6 Å². The molecule has 1 aromatic heterocycles. The summed E-state index contributed by atoms with van der Waals surface area (Å²) in [6, 6.07) is 8.79. The fourth-order valence-electron chi connectivity index (χ4n) is 6.51. The van der Waals surface area contributed by atoms with Crippen LogP contribution in [0.25, 0.3) is 11.4 Å². The molecule has 1 aliphatic rings. The zero-order valence-corrected chi connectivity index (χ0v) is 35.3. The first-order valence-electron chi connectivity index (χ1n) is 19.6. The second-order valence-electron chi connectivity index (χ2n) is 14.7. The SMILES string of the molecule is CCC(C)C1NC(=O)C(Cc2cccc(-n3[nH]c(=O)n(-c4ccccc4)c3=O)c2)NC(=O)C(N)CSSCC(C(=O)O)NC(=O)C(CC(N)=O)CCC(CCC(N)=O)NC1=O. The van der Waals surface area contributed by atoms with Crippen molar-refractivity contribution >= 4 is 63.0 Å². The number of benzene rings is 2. The number of amides is 6. The summed E-state index contributed by atoms with van der Waals surface area (Å²) in [5.74, 6) is -7.46. The number of carbonyl (C=O) groups excluding carboxylic acids is 6. The second kappa shape index (κ2) is 22.7. The summed E-state index contributed by atoms with van der Waals surface area (Å²) in [6.45, 7) is 3.54. The smallest absolute Gasteiger partial charge is 0.356 e. The molecule has 4 rings (SSSR count). The largest absolute Gasteiger partial charge is 0.480 e. The minimum atomic E-state index is -1.40. The average molecular weight is 885 g/mol. The number of hydrogen-bond donors (Lipinski definition) is 9. The molecule has 0 spiro atoms. The molecule has 2 aromatic carbocycles. The number of aromatic nitrogens is 3. The molecule has 6 amide bonds. The lowest BCUT2D eigenvalue weighted by Gasteiger charge is -2.29. The van der Waals surface area contributed by atoms with Crippen LogP contribution in [0.5, 0.6) is 0 Å². The summed E-state index contributed by atoms with van der Waals surface area (Å²) in [4.78, 5) is 117. The van der Waals surface area contributed by atoms with Gasteiger partial charge in [0.05, 0.1) is 17.4 Å². The van der Waals surface area contributed by atoms with E-state index >= 15 is 0 Å². The molecule has 3 aromatic rings. The van der Waals surface area contributed by atoms with Crippen molar-refractivity contribution in [2.24, 2.45) is 29.0 Å². The molecule has 0 bridgehead atoms. The molecule has 7 atom stereocenters. The number of para-hydroxylation sites is 1. The van der Waals surface area contributed by atoms with Crippen molar-refractivity contribution in [3.63, 3.8) is 0 Å². The second-order valence-corrected chi connectivity index (χ2v) is 17.3. The van der Waals surface area contributed by atoms with Crippen LogP contribution in [-0.4, -0.2) is 103 Å². The number of nitrogens with zero attached hydrogens (tertiary/aromatic N) is 2. The molecule has 12 N–H and O–H groups in total. The number of hydrogen-bond acceptors (Lipinski definition) is 12. The number of primary amides is 2. The number of carboxylic acid groups (broad SMARTS) is 1. The Morgan fingerprint density at radius 1 is 0.820 bits per heavy atom. The maximum absolute atomic E-state index is 14.2. The van der Waals surface area contributed by atoms with Gasteiger partial charge in [0.2, 0.25) is 35.4 Å². The highest BCUT2D eigenvalue weighted by molar-refractivity contribution is 8.76. The van der Waals surface area contributed by atoms with Gasteiger partial charge in [-0.05, 0) is 55.0 Å². The van der Waals surface area contributed by atoms with E-state index in [0.717, 1.165) is 30.8 Å². The third-order valence-electron chi connectivity index (χ3n) is 10.1. The predicted molar refractivity (Wildman–Crippen MR) is 228 cm³/mol. The zero-order valence-electron chi connectivity index (χ0n) is 33.7. The number of rotatable bonds is 12. The molecular formula is C39H52N10O10S2. The summed E-state index contributed by atoms with van der Waals surface area (Å²) in [5.41, 5.74) is 16.8. The van der Waals surface area contributed by atoms with Crippen molar-refractivity contribution in [1.82, 2.24) is 35.6 Å². The number of aliphatic carboxylic acids is 1. The third-order valence-corrected chi connectivity index (χ3v) is 12.6. The highest BCUT2D eigenvalue weighted by atomic mass is 33.1. The molecule has 330 valence electrons. The number of carboxylic acids is 1. The lowest BCUT2D eigenvalue weighted by molar-refractivity contribution is -0.142. The molecule has 0 saturated carbocycles. The van der Waals surface area contributed by atoms with Crippen LogP contribution in [0.15, 0.2) is 64.2 Å². The summed E-state index contributed by atoms with van der Waals surface area (Å²) in [7, 11) is 2.09. The number of H-pyrrole nitrogens is 1. The molecule has 0 aliphatic carbocycles. The zero-order chi connectivity index (χ0) is 44.8. The molecule has 1 aliphatic heterocycles. The standard InChI is InChI=1S/C39H52N10O10S2/c1-3-21(2)32-36(55)43-24(14-15-30(41)50)13-12-23(18-31(42)51)33(52)45-29(37(56)57)20-61-60-19-27(40)34(53)44-28(35(54)46-32)17-22-8-7-11-26(16-22)49-39(59)48(38(58)47-49)25-9-5-4-6-10-25/h4-11,16,21,23-24,27-29,32H,3,12-15,17-20,40H2,1-2H3,(H2,41,50)(H2,42,51)(H,43,55)(H,44,53)(H,45,52)(H,46,54)(H,47,58)(H,56,57). The minimum Gasteiger partial charge on any atom is -0.480 e. The monoisotopic (exact) mass is 884 g/mol. The maximum Gasteiger partial charge on any atom is 0.356 e. The average Bonchev–Trinajstić information content (AvgIpc) is 3.52. The third kappa shape index (κ3) is 13.8. The molecule has 22 heteroatoms. The van der Waals surface area contributed by atoms with Gasteiger partial charge in [-0.3, -0.25) is 28.8 Å². The number of nitrogens with one attached hydrogen (secondary N) is 5. The van der Waals surface area contributed by atoms with Crippen LogP contribution in [0.3, 0.4) is 0 Å². The predicted octanol–water partition coefficient (Wildman–Crippen LogP) is -0.811. The first kappa shape index (κ1) is 47.8. The van der Waals surface area contributed by atoms with E-state index in [1.165, 1.54) is 0 Å². The van der Waals surface area contributed by atoms with Gasteiger partial charge in [-0.1, -0.05) is 72.2 Å². The van der Waals surface area contributed by atoms with Crippen molar-refractivity contribution < 1.29 is 38.7 Å². The Morgan fingerprint density at radius 3 is 2.16 bits per heavy atom. The Hall–Kier alpha value is -5.87. The van der Waals surface area contributed by atoms with Gasteiger partial charge in [-0.2, -0.15) is 0 Å². The number of carbonyl (C=O) groups is 7. The van der Waals surface area contributed by atoms with E-state index in [9.17, 15) is 48.3 Å². The van der Waals surface area contributed by atoms with E-state index in [-0.39, 0.29) is 49.3 Å². The van der Waals surface area contributed by atoms with Crippen LogP contribution in [-0.2, 0) is 40.0 Å². The minimum absolute atomic E-state index is 0.0356. The van der Waals surface area contributed by atoms with Gasteiger partial charge < -0.3 is 43.6 Å². The van der Waals surface area contributed by atoms with E-state index in [1.807, 2.05) is 0 Å². The molecule has 2 heterocycles. The van der Waals surface area contributed by atoms with Gasteiger partial charge in [0.25, 0.3) is 0 Å². The van der Waals surface area contributed by atoms with Crippen LogP contribution in [0, 0.1) is 11.8 Å². The summed E-state index contributed by atoms with van der Waals surface area (Å²) < 4.78 is 2.01. The highest BCUT2D eigenvalue weighted by Gasteiger charge is 2.33.